The number of aryl methyl sites for hydroxylation is 2. The molecule has 0 aliphatic carbocycles. The Morgan fingerprint density at radius 3 is 2.47 bits per heavy atom. The molecule has 0 amide bonds. The largest absolute Gasteiger partial charge is 0.235 e. The first kappa shape index (κ1) is 10.4. The van der Waals surface area contributed by atoms with Gasteiger partial charge in [0, 0.05) is 11.8 Å². The van der Waals surface area contributed by atoms with Gasteiger partial charge in [0.1, 0.15) is 5.69 Å². The monoisotopic (exact) mass is 242 g/mol. The van der Waals surface area contributed by atoms with E-state index in [1.165, 1.54) is 0 Å². The topological polar surface area (TPSA) is 43.6 Å². The lowest BCUT2D eigenvalue weighted by Gasteiger charge is -2.05. The van der Waals surface area contributed by atoms with Crippen molar-refractivity contribution in [1.29, 1.82) is 0 Å². The Hall–Kier alpha value is -1.13. The number of hydrogen-bond acceptors (Lipinski definition) is 3. The average Bonchev–Trinajstić information content (AvgIpc) is 2.50. The molecule has 2 heterocycles. The lowest BCUT2D eigenvalue weighted by atomic mass is 10.4. The lowest BCUT2D eigenvalue weighted by Crippen LogP contribution is -2.02. The smallest absolute Gasteiger partial charge is 0.177 e. The summed E-state index contributed by atoms with van der Waals surface area (Å²) in [6, 6.07) is 3.58. The number of halogens is 2. The molecule has 2 aromatic rings. The Bertz CT molecular complexity index is 507. The molecule has 2 rings (SSSR count). The maximum atomic E-state index is 5.92. The summed E-state index contributed by atoms with van der Waals surface area (Å²) in [6.07, 6.45) is 0. The van der Waals surface area contributed by atoms with Gasteiger partial charge in [-0.15, -0.1) is 10.2 Å². The van der Waals surface area contributed by atoms with Crippen molar-refractivity contribution in [1.82, 2.24) is 20.0 Å². The first-order chi connectivity index (χ1) is 7.08. The highest BCUT2D eigenvalue weighted by Crippen LogP contribution is 2.21. The second kappa shape index (κ2) is 3.79. The van der Waals surface area contributed by atoms with E-state index in [9.17, 15) is 0 Å². The van der Waals surface area contributed by atoms with E-state index in [2.05, 4.69) is 15.3 Å². The first-order valence-corrected chi connectivity index (χ1v) is 5.06. The van der Waals surface area contributed by atoms with Crippen molar-refractivity contribution < 1.29 is 0 Å². The fourth-order valence-corrected chi connectivity index (χ4v) is 1.68. The van der Waals surface area contributed by atoms with Crippen LogP contribution in [-0.2, 0) is 0 Å². The van der Waals surface area contributed by atoms with Crippen LogP contribution in [0.1, 0.15) is 11.4 Å². The predicted octanol–water partition coefficient (Wildman–Crippen LogP) is 2.59. The van der Waals surface area contributed by atoms with Gasteiger partial charge in [-0.1, -0.05) is 23.2 Å². The van der Waals surface area contributed by atoms with Crippen molar-refractivity contribution >= 4 is 23.2 Å². The average molecular weight is 243 g/mol. The summed E-state index contributed by atoms with van der Waals surface area (Å²) in [5.41, 5.74) is 2.53. The Morgan fingerprint density at radius 1 is 1.13 bits per heavy atom. The molecule has 0 bridgehead atoms. The Morgan fingerprint density at radius 2 is 1.87 bits per heavy atom. The molecule has 0 fully saturated rings. The van der Waals surface area contributed by atoms with Crippen LogP contribution in [0.15, 0.2) is 12.1 Å². The van der Waals surface area contributed by atoms with Gasteiger partial charge in [-0.3, -0.25) is 0 Å². The minimum Gasteiger partial charge on any atom is -0.235 e. The van der Waals surface area contributed by atoms with E-state index in [4.69, 9.17) is 23.2 Å². The minimum absolute atomic E-state index is 0.283. The maximum absolute atomic E-state index is 5.92. The quantitative estimate of drug-likeness (QED) is 0.773. The van der Waals surface area contributed by atoms with Gasteiger partial charge >= 0.3 is 0 Å². The first-order valence-electron chi connectivity index (χ1n) is 4.30. The zero-order valence-corrected chi connectivity index (χ0v) is 9.71. The SMILES string of the molecule is Cc1cc(C)n(-c2cc(Cl)nnc2Cl)n1. The highest BCUT2D eigenvalue weighted by Gasteiger charge is 2.10. The molecule has 15 heavy (non-hydrogen) atoms. The Kier molecular flexibility index (Phi) is 2.63. The van der Waals surface area contributed by atoms with Crippen molar-refractivity contribution in [2.45, 2.75) is 13.8 Å². The van der Waals surface area contributed by atoms with E-state index in [0.717, 1.165) is 11.4 Å². The third-order valence-corrected chi connectivity index (χ3v) is 2.39. The van der Waals surface area contributed by atoms with Gasteiger partial charge in [0.05, 0.1) is 5.69 Å². The van der Waals surface area contributed by atoms with Gasteiger partial charge in [-0.25, -0.2) is 4.68 Å². The van der Waals surface area contributed by atoms with Crippen LogP contribution in [-0.4, -0.2) is 20.0 Å². The molecule has 0 unspecified atom stereocenters. The fraction of sp³-hybridized carbons (Fsp3) is 0.222. The molecular formula is C9H8Cl2N4. The summed E-state index contributed by atoms with van der Waals surface area (Å²) in [4.78, 5) is 0. The number of hydrogen-bond donors (Lipinski definition) is 0. The van der Waals surface area contributed by atoms with E-state index >= 15 is 0 Å². The van der Waals surface area contributed by atoms with Crippen LogP contribution in [0, 0.1) is 13.8 Å². The van der Waals surface area contributed by atoms with Crippen LogP contribution < -0.4 is 0 Å². The summed E-state index contributed by atoms with van der Waals surface area (Å²) in [5.74, 6) is 0. The Labute approximate surface area is 96.8 Å². The summed E-state index contributed by atoms with van der Waals surface area (Å²) >= 11 is 11.7. The third-order valence-electron chi connectivity index (χ3n) is 1.94. The highest BCUT2D eigenvalue weighted by atomic mass is 35.5. The summed E-state index contributed by atoms with van der Waals surface area (Å²) < 4.78 is 1.69. The van der Waals surface area contributed by atoms with Crippen LogP contribution in [0.25, 0.3) is 5.69 Å². The summed E-state index contributed by atoms with van der Waals surface area (Å²) in [7, 11) is 0. The molecule has 0 aliphatic heterocycles. The van der Waals surface area contributed by atoms with Crippen LogP contribution >= 0.6 is 23.2 Å². The van der Waals surface area contributed by atoms with Gasteiger partial charge in [0.25, 0.3) is 0 Å². The second-order valence-corrected chi connectivity index (χ2v) is 3.93. The molecule has 0 saturated heterocycles. The van der Waals surface area contributed by atoms with E-state index in [-0.39, 0.29) is 5.15 Å². The number of rotatable bonds is 1. The molecule has 0 spiro atoms. The van der Waals surface area contributed by atoms with Gasteiger partial charge in [-0.05, 0) is 19.9 Å². The third kappa shape index (κ3) is 1.96. The molecular weight excluding hydrogens is 235 g/mol. The summed E-state index contributed by atoms with van der Waals surface area (Å²) in [6.45, 7) is 3.85. The number of aromatic nitrogens is 4. The minimum atomic E-state index is 0.283. The van der Waals surface area contributed by atoms with Crippen LogP contribution in [0.2, 0.25) is 10.3 Å². The maximum Gasteiger partial charge on any atom is 0.177 e. The zero-order valence-electron chi connectivity index (χ0n) is 8.20. The summed E-state index contributed by atoms with van der Waals surface area (Å²) in [5, 5.41) is 12.2. The van der Waals surface area contributed by atoms with Crippen molar-refractivity contribution in [3.8, 4) is 5.69 Å². The van der Waals surface area contributed by atoms with Gasteiger partial charge < -0.3 is 0 Å². The molecule has 6 heteroatoms. The van der Waals surface area contributed by atoms with Crippen molar-refractivity contribution in [3.63, 3.8) is 0 Å². The second-order valence-electron chi connectivity index (χ2n) is 3.18. The lowest BCUT2D eigenvalue weighted by molar-refractivity contribution is 0.819. The van der Waals surface area contributed by atoms with Crippen molar-refractivity contribution in [2.75, 3.05) is 0 Å². The van der Waals surface area contributed by atoms with E-state index in [1.807, 2.05) is 19.9 Å². The van der Waals surface area contributed by atoms with Crippen LogP contribution in [0.5, 0.6) is 0 Å². The normalized spacial score (nSPS) is 10.7. The molecule has 0 N–H and O–H groups in total. The van der Waals surface area contributed by atoms with Gasteiger partial charge in [0.15, 0.2) is 10.3 Å². The molecule has 0 aromatic carbocycles. The van der Waals surface area contributed by atoms with Crippen LogP contribution in [0.3, 0.4) is 0 Å². The highest BCUT2D eigenvalue weighted by molar-refractivity contribution is 6.32. The Balaban J connectivity index is 2.62. The molecule has 0 radical (unpaired) electrons. The van der Waals surface area contributed by atoms with Crippen molar-refractivity contribution in [2.24, 2.45) is 0 Å². The van der Waals surface area contributed by atoms with E-state index < -0.39 is 0 Å². The predicted molar refractivity (Wildman–Crippen MR) is 58.6 cm³/mol. The number of nitrogens with zero attached hydrogens (tertiary/aromatic N) is 4. The molecule has 0 atom stereocenters. The molecule has 4 nitrogen and oxygen atoms in total. The fourth-order valence-electron chi connectivity index (χ4n) is 1.37. The van der Waals surface area contributed by atoms with Crippen LogP contribution in [0.4, 0.5) is 0 Å². The molecule has 2 aromatic heterocycles. The molecule has 0 saturated carbocycles. The van der Waals surface area contributed by atoms with Gasteiger partial charge in [0.2, 0.25) is 0 Å². The standard InChI is InChI=1S/C9H8Cl2N4/c1-5-3-6(2)15(14-5)7-4-8(10)12-13-9(7)11/h3-4H,1-2H3. The zero-order chi connectivity index (χ0) is 11.0. The molecule has 78 valence electrons. The van der Waals surface area contributed by atoms with E-state index in [0.29, 0.717) is 10.8 Å². The van der Waals surface area contributed by atoms with Gasteiger partial charge in [-0.2, -0.15) is 5.10 Å². The van der Waals surface area contributed by atoms with Crippen molar-refractivity contribution in [3.05, 3.63) is 33.8 Å². The van der Waals surface area contributed by atoms with E-state index in [1.54, 1.807) is 10.7 Å². The molecule has 0 aliphatic rings.